The summed E-state index contributed by atoms with van der Waals surface area (Å²) < 4.78 is 7.04. The third kappa shape index (κ3) is 1.46. The molecular formula is C23H13BrO. The molecule has 2 aliphatic rings. The van der Waals surface area contributed by atoms with Crippen LogP contribution in [0.25, 0.3) is 22.5 Å². The Kier molecular flexibility index (Phi) is 2.48. The predicted octanol–water partition coefficient (Wildman–Crippen LogP) is 6.39. The highest BCUT2D eigenvalue weighted by Gasteiger charge is 2.52. The Morgan fingerprint density at radius 3 is 2.16 bits per heavy atom. The number of fused-ring (bicyclic) bond motifs is 10. The first kappa shape index (κ1) is 13.7. The molecule has 1 atom stereocenters. The maximum absolute atomic E-state index is 5.94. The van der Waals surface area contributed by atoms with Crippen molar-refractivity contribution in [3.63, 3.8) is 0 Å². The van der Waals surface area contributed by atoms with Crippen LogP contribution in [-0.4, -0.2) is 0 Å². The number of benzene rings is 3. The zero-order chi connectivity index (χ0) is 16.6. The van der Waals surface area contributed by atoms with Gasteiger partial charge in [0, 0.05) is 15.6 Å². The van der Waals surface area contributed by atoms with Crippen molar-refractivity contribution in [1.82, 2.24) is 0 Å². The predicted molar refractivity (Wildman–Crippen MR) is 103 cm³/mol. The van der Waals surface area contributed by atoms with Gasteiger partial charge < -0.3 is 4.42 Å². The van der Waals surface area contributed by atoms with Crippen molar-refractivity contribution in [3.8, 4) is 22.5 Å². The van der Waals surface area contributed by atoms with Crippen LogP contribution in [0.2, 0.25) is 0 Å². The van der Waals surface area contributed by atoms with E-state index in [1.165, 1.54) is 38.9 Å². The Hall–Kier alpha value is -2.58. The first-order valence-electron chi connectivity index (χ1n) is 8.39. The second-order valence-electron chi connectivity index (χ2n) is 6.69. The number of hydrogen-bond donors (Lipinski definition) is 0. The average molecular weight is 385 g/mol. The van der Waals surface area contributed by atoms with Crippen molar-refractivity contribution in [2.75, 3.05) is 0 Å². The molecule has 118 valence electrons. The van der Waals surface area contributed by atoms with Crippen molar-refractivity contribution >= 4 is 15.9 Å². The van der Waals surface area contributed by atoms with E-state index in [1.54, 1.807) is 0 Å². The van der Waals surface area contributed by atoms with Gasteiger partial charge in [0.25, 0.3) is 0 Å². The summed E-state index contributed by atoms with van der Waals surface area (Å²) in [6, 6.07) is 26.2. The summed E-state index contributed by atoms with van der Waals surface area (Å²) in [6.45, 7) is 0. The minimum atomic E-state index is -0.283. The summed E-state index contributed by atoms with van der Waals surface area (Å²) >= 11 is 3.69. The first-order chi connectivity index (χ1) is 12.3. The highest BCUT2D eigenvalue weighted by atomic mass is 79.9. The maximum Gasteiger partial charge on any atom is 0.138 e. The second kappa shape index (κ2) is 4.53. The number of halogens is 1. The topological polar surface area (TPSA) is 13.1 Å². The van der Waals surface area contributed by atoms with Crippen LogP contribution in [0.15, 0.2) is 87.9 Å². The fourth-order valence-corrected chi connectivity index (χ4v) is 5.16. The molecule has 0 bridgehead atoms. The molecule has 1 aromatic heterocycles. The molecule has 1 spiro atoms. The molecule has 1 heterocycles. The van der Waals surface area contributed by atoms with E-state index in [4.69, 9.17) is 4.42 Å². The van der Waals surface area contributed by atoms with Gasteiger partial charge in [-0.3, -0.25) is 0 Å². The quantitative estimate of drug-likeness (QED) is 0.296. The van der Waals surface area contributed by atoms with Gasteiger partial charge in [-0.05, 0) is 46.0 Å². The zero-order valence-corrected chi connectivity index (χ0v) is 14.9. The smallest absolute Gasteiger partial charge is 0.138 e. The number of furan rings is 1. The largest absolute Gasteiger partial charge is 0.464 e. The minimum Gasteiger partial charge on any atom is -0.464 e. The Balaban J connectivity index is 1.88. The Labute approximate surface area is 154 Å². The minimum absolute atomic E-state index is 0.283. The highest BCUT2D eigenvalue weighted by molar-refractivity contribution is 9.10. The highest BCUT2D eigenvalue weighted by Crippen LogP contribution is 2.63. The molecule has 0 N–H and O–H groups in total. The molecular weight excluding hydrogens is 372 g/mol. The molecule has 0 aliphatic heterocycles. The van der Waals surface area contributed by atoms with Gasteiger partial charge in [0.2, 0.25) is 0 Å². The Bertz CT molecular complexity index is 1170. The molecule has 2 heteroatoms. The van der Waals surface area contributed by atoms with E-state index in [2.05, 4.69) is 88.7 Å². The molecule has 0 saturated carbocycles. The van der Waals surface area contributed by atoms with E-state index in [-0.39, 0.29) is 5.41 Å². The van der Waals surface area contributed by atoms with Crippen LogP contribution in [0, 0.1) is 0 Å². The summed E-state index contributed by atoms with van der Waals surface area (Å²) in [7, 11) is 0. The van der Waals surface area contributed by atoms with Crippen molar-refractivity contribution in [1.29, 1.82) is 0 Å². The molecule has 25 heavy (non-hydrogen) atoms. The van der Waals surface area contributed by atoms with Crippen molar-refractivity contribution < 1.29 is 4.42 Å². The van der Waals surface area contributed by atoms with Crippen LogP contribution in [0.3, 0.4) is 0 Å². The van der Waals surface area contributed by atoms with Gasteiger partial charge >= 0.3 is 0 Å². The number of hydrogen-bond acceptors (Lipinski definition) is 1. The average Bonchev–Trinajstić information content (AvgIpc) is 3.29. The van der Waals surface area contributed by atoms with Gasteiger partial charge in [-0.2, -0.15) is 0 Å². The summed E-state index contributed by atoms with van der Waals surface area (Å²) in [5.41, 5.74) is 8.77. The molecule has 4 aromatic rings. The maximum atomic E-state index is 5.94. The molecule has 0 saturated heterocycles. The van der Waals surface area contributed by atoms with Crippen LogP contribution in [0.4, 0.5) is 0 Å². The van der Waals surface area contributed by atoms with Crippen LogP contribution >= 0.6 is 15.9 Å². The lowest BCUT2D eigenvalue weighted by Crippen LogP contribution is -2.25. The fourth-order valence-electron chi connectivity index (χ4n) is 4.80. The summed E-state index contributed by atoms with van der Waals surface area (Å²) in [5.74, 6) is 0.998. The van der Waals surface area contributed by atoms with E-state index in [9.17, 15) is 0 Å². The van der Waals surface area contributed by atoms with Gasteiger partial charge in [0.15, 0.2) is 0 Å². The second-order valence-corrected chi connectivity index (χ2v) is 7.61. The first-order valence-corrected chi connectivity index (χ1v) is 9.19. The van der Waals surface area contributed by atoms with Gasteiger partial charge in [-0.1, -0.05) is 70.5 Å². The monoisotopic (exact) mass is 384 g/mol. The van der Waals surface area contributed by atoms with E-state index < -0.39 is 0 Å². The molecule has 0 amide bonds. The van der Waals surface area contributed by atoms with E-state index in [1.807, 2.05) is 6.26 Å². The molecule has 2 aliphatic carbocycles. The van der Waals surface area contributed by atoms with Crippen LogP contribution < -0.4 is 0 Å². The molecule has 0 fully saturated rings. The number of rotatable bonds is 0. The van der Waals surface area contributed by atoms with Gasteiger partial charge in [0.05, 0.1) is 11.7 Å². The Morgan fingerprint density at radius 1 is 0.640 bits per heavy atom. The lowest BCUT2D eigenvalue weighted by Gasteiger charge is -2.29. The van der Waals surface area contributed by atoms with Crippen molar-refractivity contribution in [2.24, 2.45) is 0 Å². The SMILES string of the molecule is Brc1ccc2c(c1)C1(c3ccccc3-2)c2ccccc2-c2occc21. The molecule has 0 radical (unpaired) electrons. The van der Waals surface area contributed by atoms with E-state index in [0.717, 1.165) is 10.2 Å². The van der Waals surface area contributed by atoms with Crippen LogP contribution in [0.1, 0.15) is 22.3 Å². The zero-order valence-electron chi connectivity index (χ0n) is 13.3. The molecule has 3 aromatic carbocycles. The summed E-state index contributed by atoms with van der Waals surface area (Å²) in [5, 5.41) is 0. The Morgan fingerprint density at radius 2 is 1.32 bits per heavy atom. The van der Waals surface area contributed by atoms with E-state index in [0.29, 0.717) is 0 Å². The third-order valence-corrected chi connectivity index (χ3v) is 6.15. The van der Waals surface area contributed by atoms with Crippen LogP contribution in [0.5, 0.6) is 0 Å². The summed E-state index contributed by atoms with van der Waals surface area (Å²) in [6.07, 6.45) is 1.82. The van der Waals surface area contributed by atoms with Gasteiger partial charge in [-0.25, -0.2) is 0 Å². The van der Waals surface area contributed by atoms with Crippen molar-refractivity contribution in [3.05, 3.63) is 106 Å². The normalized spacial score (nSPS) is 18.8. The standard InChI is InChI=1S/C23H13BrO/c24-14-9-10-16-15-5-1-3-7-18(15)23(21(16)13-14)19-8-4-2-6-17(19)22-20(23)11-12-25-22/h1-13H. The fraction of sp³-hybridized carbons (Fsp3) is 0.0435. The van der Waals surface area contributed by atoms with E-state index >= 15 is 0 Å². The molecule has 1 nitrogen and oxygen atoms in total. The molecule has 6 rings (SSSR count). The van der Waals surface area contributed by atoms with Crippen molar-refractivity contribution in [2.45, 2.75) is 5.41 Å². The molecule has 1 unspecified atom stereocenters. The lowest BCUT2D eigenvalue weighted by atomic mass is 9.71. The van der Waals surface area contributed by atoms with Crippen LogP contribution in [-0.2, 0) is 5.41 Å². The van der Waals surface area contributed by atoms with Gasteiger partial charge in [0.1, 0.15) is 5.76 Å². The van der Waals surface area contributed by atoms with Gasteiger partial charge in [-0.15, -0.1) is 0 Å². The third-order valence-electron chi connectivity index (χ3n) is 5.65. The lowest BCUT2D eigenvalue weighted by molar-refractivity contribution is 0.581. The summed E-state index contributed by atoms with van der Waals surface area (Å²) in [4.78, 5) is 0.